The van der Waals surface area contributed by atoms with Crippen LogP contribution in [0.3, 0.4) is 0 Å². The van der Waals surface area contributed by atoms with Crippen molar-refractivity contribution in [1.29, 1.82) is 0 Å². The molecule has 0 aliphatic heterocycles. The van der Waals surface area contributed by atoms with Gasteiger partial charge in [0.2, 0.25) is 5.91 Å². The zero-order valence-electron chi connectivity index (χ0n) is 8.66. The van der Waals surface area contributed by atoms with Crippen LogP contribution in [0.2, 0.25) is 0 Å². The molecular formula is C11H15NOS. The summed E-state index contributed by atoms with van der Waals surface area (Å²) in [5.41, 5.74) is 0.447. The summed E-state index contributed by atoms with van der Waals surface area (Å²) in [6.07, 6.45) is 0. The van der Waals surface area contributed by atoms with Crippen LogP contribution in [0.15, 0.2) is 29.2 Å². The minimum atomic E-state index is -0.361. The number of hydrogen-bond acceptors (Lipinski definition) is 2. The number of nitrogens with one attached hydrogen (secondary N) is 1. The molecule has 0 aliphatic rings. The maximum absolute atomic E-state index is 11.6. The number of rotatable bonds is 1. The van der Waals surface area contributed by atoms with Gasteiger partial charge in [-0.3, -0.25) is 4.79 Å². The number of hydrogen-bond donors (Lipinski definition) is 2. The molecule has 0 spiro atoms. The van der Waals surface area contributed by atoms with Gasteiger partial charge in [-0.05, 0) is 24.3 Å². The second-order valence-electron chi connectivity index (χ2n) is 4.25. The summed E-state index contributed by atoms with van der Waals surface area (Å²) in [6, 6.07) is 7.38. The topological polar surface area (TPSA) is 29.1 Å². The van der Waals surface area contributed by atoms with Crippen LogP contribution in [0.1, 0.15) is 20.8 Å². The van der Waals surface area contributed by atoms with Crippen LogP contribution in [-0.2, 0) is 4.79 Å². The molecule has 1 rings (SSSR count). The van der Waals surface area contributed by atoms with E-state index in [0.717, 1.165) is 10.6 Å². The van der Waals surface area contributed by atoms with Crippen LogP contribution in [0, 0.1) is 5.41 Å². The standard InChI is InChI=1S/C11H15NOS/c1-11(2,3)10(13)12-8-4-6-9(14)7-5-8/h4-7,14H,1-3H3,(H,12,13). The summed E-state index contributed by atoms with van der Waals surface area (Å²) in [6.45, 7) is 5.65. The highest BCUT2D eigenvalue weighted by molar-refractivity contribution is 7.80. The summed E-state index contributed by atoms with van der Waals surface area (Å²) in [4.78, 5) is 12.5. The number of benzene rings is 1. The van der Waals surface area contributed by atoms with Crippen LogP contribution < -0.4 is 5.32 Å². The molecule has 0 unspecified atom stereocenters. The summed E-state index contributed by atoms with van der Waals surface area (Å²) < 4.78 is 0. The first kappa shape index (κ1) is 11.1. The summed E-state index contributed by atoms with van der Waals surface area (Å²) in [5.74, 6) is 0.0180. The Labute approximate surface area is 90.1 Å². The number of anilines is 1. The largest absolute Gasteiger partial charge is 0.326 e. The zero-order valence-corrected chi connectivity index (χ0v) is 9.56. The molecule has 1 N–H and O–H groups in total. The molecule has 1 aromatic rings. The lowest BCUT2D eigenvalue weighted by Crippen LogP contribution is -2.27. The summed E-state index contributed by atoms with van der Waals surface area (Å²) >= 11 is 4.17. The molecule has 0 saturated heterocycles. The average molecular weight is 209 g/mol. The summed E-state index contributed by atoms with van der Waals surface area (Å²) in [7, 11) is 0. The van der Waals surface area contributed by atoms with E-state index in [9.17, 15) is 4.79 Å². The van der Waals surface area contributed by atoms with E-state index >= 15 is 0 Å². The van der Waals surface area contributed by atoms with Crippen molar-refractivity contribution in [2.75, 3.05) is 5.32 Å². The zero-order chi connectivity index (χ0) is 10.8. The third kappa shape index (κ3) is 3.07. The Hall–Kier alpha value is -0.960. The minimum absolute atomic E-state index is 0.0180. The predicted molar refractivity (Wildman–Crippen MR) is 61.8 cm³/mol. The van der Waals surface area contributed by atoms with Gasteiger partial charge in [0.1, 0.15) is 0 Å². The Morgan fingerprint density at radius 3 is 2.14 bits per heavy atom. The van der Waals surface area contributed by atoms with Crippen LogP contribution in [0.5, 0.6) is 0 Å². The quantitative estimate of drug-likeness (QED) is 0.684. The molecule has 1 aromatic carbocycles. The van der Waals surface area contributed by atoms with Crippen molar-refractivity contribution in [3.63, 3.8) is 0 Å². The van der Waals surface area contributed by atoms with E-state index in [1.165, 1.54) is 0 Å². The van der Waals surface area contributed by atoms with Gasteiger partial charge in [0.15, 0.2) is 0 Å². The van der Waals surface area contributed by atoms with Gasteiger partial charge in [-0.2, -0.15) is 0 Å². The van der Waals surface area contributed by atoms with Crippen molar-refractivity contribution < 1.29 is 4.79 Å². The van der Waals surface area contributed by atoms with E-state index in [1.807, 2.05) is 45.0 Å². The van der Waals surface area contributed by atoms with Gasteiger partial charge in [0, 0.05) is 16.0 Å². The van der Waals surface area contributed by atoms with Crippen molar-refractivity contribution in [3.05, 3.63) is 24.3 Å². The molecule has 2 nitrogen and oxygen atoms in total. The number of amides is 1. The second kappa shape index (κ2) is 4.05. The molecule has 0 aromatic heterocycles. The van der Waals surface area contributed by atoms with Crippen molar-refractivity contribution >= 4 is 24.2 Å². The van der Waals surface area contributed by atoms with E-state index < -0.39 is 0 Å². The van der Waals surface area contributed by atoms with Crippen molar-refractivity contribution in [1.82, 2.24) is 0 Å². The fourth-order valence-electron chi connectivity index (χ4n) is 0.863. The lowest BCUT2D eigenvalue weighted by Gasteiger charge is -2.17. The van der Waals surface area contributed by atoms with E-state index in [4.69, 9.17) is 0 Å². The van der Waals surface area contributed by atoms with Crippen molar-refractivity contribution in [3.8, 4) is 0 Å². The fraction of sp³-hybridized carbons (Fsp3) is 0.364. The molecule has 1 amide bonds. The Bertz CT molecular complexity index is 324. The van der Waals surface area contributed by atoms with Gasteiger partial charge in [-0.25, -0.2) is 0 Å². The normalized spacial score (nSPS) is 11.1. The third-order valence-corrected chi connectivity index (χ3v) is 2.10. The Kier molecular flexibility index (Phi) is 3.21. The molecule has 0 fully saturated rings. The molecule has 0 bridgehead atoms. The first-order valence-electron chi connectivity index (χ1n) is 4.50. The molecule has 0 radical (unpaired) electrons. The Balaban J connectivity index is 2.71. The predicted octanol–water partition coefficient (Wildman–Crippen LogP) is 2.96. The Morgan fingerprint density at radius 1 is 1.21 bits per heavy atom. The third-order valence-electron chi connectivity index (χ3n) is 1.81. The number of carbonyl (C=O) groups excluding carboxylic acids is 1. The molecular weight excluding hydrogens is 194 g/mol. The molecule has 76 valence electrons. The van der Waals surface area contributed by atoms with Crippen LogP contribution >= 0.6 is 12.6 Å². The first-order valence-corrected chi connectivity index (χ1v) is 4.95. The maximum atomic E-state index is 11.6. The van der Waals surface area contributed by atoms with Crippen LogP contribution in [0.25, 0.3) is 0 Å². The summed E-state index contributed by atoms with van der Waals surface area (Å²) in [5, 5.41) is 2.84. The van der Waals surface area contributed by atoms with Crippen LogP contribution in [0.4, 0.5) is 5.69 Å². The van der Waals surface area contributed by atoms with Gasteiger partial charge in [0.25, 0.3) is 0 Å². The van der Waals surface area contributed by atoms with Gasteiger partial charge < -0.3 is 5.32 Å². The van der Waals surface area contributed by atoms with E-state index in [2.05, 4.69) is 17.9 Å². The molecule has 0 heterocycles. The van der Waals surface area contributed by atoms with Crippen LogP contribution in [-0.4, -0.2) is 5.91 Å². The molecule has 0 atom stereocenters. The highest BCUT2D eigenvalue weighted by atomic mass is 32.1. The van der Waals surface area contributed by atoms with Gasteiger partial charge in [0.05, 0.1) is 0 Å². The van der Waals surface area contributed by atoms with E-state index in [1.54, 1.807) is 0 Å². The van der Waals surface area contributed by atoms with E-state index in [-0.39, 0.29) is 11.3 Å². The van der Waals surface area contributed by atoms with Gasteiger partial charge in [-0.1, -0.05) is 20.8 Å². The van der Waals surface area contributed by atoms with Gasteiger partial charge >= 0.3 is 0 Å². The first-order chi connectivity index (χ1) is 6.39. The van der Waals surface area contributed by atoms with E-state index in [0.29, 0.717) is 0 Å². The SMILES string of the molecule is CC(C)(C)C(=O)Nc1ccc(S)cc1. The minimum Gasteiger partial charge on any atom is -0.326 e. The average Bonchev–Trinajstić information content (AvgIpc) is 2.07. The smallest absolute Gasteiger partial charge is 0.229 e. The lowest BCUT2D eigenvalue weighted by molar-refractivity contribution is -0.123. The monoisotopic (exact) mass is 209 g/mol. The molecule has 3 heteroatoms. The second-order valence-corrected chi connectivity index (χ2v) is 4.77. The molecule has 0 aliphatic carbocycles. The van der Waals surface area contributed by atoms with Crippen molar-refractivity contribution in [2.24, 2.45) is 5.41 Å². The number of carbonyl (C=O) groups is 1. The molecule has 14 heavy (non-hydrogen) atoms. The lowest BCUT2D eigenvalue weighted by atomic mass is 9.95. The molecule has 0 saturated carbocycles. The highest BCUT2D eigenvalue weighted by Gasteiger charge is 2.20. The van der Waals surface area contributed by atoms with Crippen molar-refractivity contribution in [2.45, 2.75) is 25.7 Å². The Morgan fingerprint density at radius 2 is 1.71 bits per heavy atom. The fourth-order valence-corrected chi connectivity index (χ4v) is 1.01. The number of thiol groups is 1. The van der Waals surface area contributed by atoms with Gasteiger partial charge in [-0.15, -0.1) is 12.6 Å². The highest BCUT2D eigenvalue weighted by Crippen LogP contribution is 2.18. The maximum Gasteiger partial charge on any atom is 0.229 e.